The SMILES string of the molecule is CN[C@@H](CCC(C)=O)C(=O)N[C@H](CC(C)C(=O)OCc1ccccc1)C(=O)N(C)CC(=O)CCC(C)(C)C. The van der Waals surface area contributed by atoms with Crippen LogP contribution in [0.25, 0.3) is 0 Å². The summed E-state index contributed by atoms with van der Waals surface area (Å²) in [5.74, 6) is -2.23. The molecular weight excluding hydrogens is 486 g/mol. The number of ketones is 2. The van der Waals surface area contributed by atoms with Crippen LogP contribution in [-0.4, -0.2) is 67.0 Å². The Morgan fingerprint density at radius 2 is 1.63 bits per heavy atom. The lowest BCUT2D eigenvalue weighted by atomic mass is 9.89. The summed E-state index contributed by atoms with van der Waals surface area (Å²) in [6.45, 7) is 9.23. The van der Waals surface area contributed by atoms with Crippen molar-refractivity contribution in [3.63, 3.8) is 0 Å². The molecule has 9 nitrogen and oxygen atoms in total. The van der Waals surface area contributed by atoms with Crippen molar-refractivity contribution < 1.29 is 28.7 Å². The number of likely N-dealkylation sites (N-methyl/N-ethyl adjacent to an activating group) is 2. The Kier molecular flexibility index (Phi) is 13.9. The minimum atomic E-state index is -1.05. The molecule has 0 saturated carbocycles. The van der Waals surface area contributed by atoms with Gasteiger partial charge in [-0.05, 0) is 44.2 Å². The van der Waals surface area contributed by atoms with Crippen LogP contribution in [0.1, 0.15) is 72.3 Å². The van der Waals surface area contributed by atoms with Crippen molar-refractivity contribution in [3.8, 4) is 0 Å². The number of nitrogens with one attached hydrogen (secondary N) is 2. The molecule has 1 unspecified atom stereocenters. The summed E-state index contributed by atoms with van der Waals surface area (Å²) in [6, 6.07) is 7.51. The predicted molar refractivity (Wildman–Crippen MR) is 146 cm³/mol. The second-order valence-electron chi connectivity index (χ2n) is 11.2. The first kappa shape index (κ1) is 33.0. The zero-order valence-electron chi connectivity index (χ0n) is 24.0. The van der Waals surface area contributed by atoms with Crippen molar-refractivity contribution in [2.45, 2.75) is 85.4 Å². The van der Waals surface area contributed by atoms with Crippen LogP contribution in [0, 0.1) is 11.3 Å². The highest BCUT2D eigenvalue weighted by atomic mass is 16.5. The lowest BCUT2D eigenvalue weighted by Crippen LogP contribution is -2.54. The number of nitrogens with zero attached hydrogens (tertiary/aromatic N) is 1. The number of Topliss-reactive ketones (excluding diaryl/α,β-unsaturated/α-hetero) is 2. The average molecular weight is 532 g/mol. The van der Waals surface area contributed by atoms with E-state index in [0.29, 0.717) is 12.8 Å². The third-order valence-electron chi connectivity index (χ3n) is 6.22. The van der Waals surface area contributed by atoms with Crippen LogP contribution in [0.15, 0.2) is 30.3 Å². The normalized spacial score (nSPS) is 13.7. The minimum absolute atomic E-state index is 0.00185. The van der Waals surface area contributed by atoms with E-state index in [1.165, 1.54) is 18.9 Å². The number of carbonyl (C=O) groups is 5. The summed E-state index contributed by atoms with van der Waals surface area (Å²) >= 11 is 0. The molecule has 2 N–H and O–H groups in total. The standard InChI is InChI=1S/C29H45N3O6/c1-20(28(37)38-19-22-11-9-8-10-12-22)17-25(31-26(35)24(30-6)14-13-21(2)33)27(36)32(7)18-23(34)15-16-29(3,4)5/h8-12,20,24-25,30H,13-19H2,1-7H3,(H,31,35)/t20?,24-,25+/m0/s1. The van der Waals surface area contributed by atoms with E-state index < -0.39 is 35.8 Å². The summed E-state index contributed by atoms with van der Waals surface area (Å²) in [5.41, 5.74) is 0.830. The highest BCUT2D eigenvalue weighted by molar-refractivity contribution is 5.92. The molecule has 0 spiro atoms. The molecule has 9 heteroatoms. The number of hydrogen-bond donors (Lipinski definition) is 2. The molecule has 0 saturated heterocycles. The third kappa shape index (κ3) is 12.9. The number of hydrogen-bond acceptors (Lipinski definition) is 7. The van der Waals surface area contributed by atoms with Crippen molar-refractivity contribution in [3.05, 3.63) is 35.9 Å². The smallest absolute Gasteiger partial charge is 0.309 e. The number of esters is 1. The number of benzene rings is 1. The largest absolute Gasteiger partial charge is 0.461 e. The van der Waals surface area contributed by atoms with Crippen LogP contribution in [0.5, 0.6) is 0 Å². The highest BCUT2D eigenvalue weighted by Crippen LogP contribution is 2.21. The topological polar surface area (TPSA) is 122 Å². The van der Waals surface area contributed by atoms with Crippen LogP contribution < -0.4 is 10.6 Å². The van der Waals surface area contributed by atoms with Gasteiger partial charge in [-0.1, -0.05) is 58.0 Å². The van der Waals surface area contributed by atoms with Gasteiger partial charge in [-0.3, -0.25) is 19.2 Å². The van der Waals surface area contributed by atoms with E-state index in [-0.39, 0.29) is 49.4 Å². The van der Waals surface area contributed by atoms with Gasteiger partial charge in [0.15, 0.2) is 5.78 Å². The summed E-state index contributed by atoms with van der Waals surface area (Å²) in [5, 5.41) is 5.61. The van der Waals surface area contributed by atoms with Gasteiger partial charge >= 0.3 is 5.97 Å². The lowest BCUT2D eigenvalue weighted by Gasteiger charge is -2.27. The number of ether oxygens (including phenoxy) is 1. The Hall–Kier alpha value is -3.07. The van der Waals surface area contributed by atoms with Gasteiger partial charge in [0.05, 0.1) is 18.5 Å². The zero-order chi connectivity index (χ0) is 28.9. The fourth-order valence-corrected chi connectivity index (χ4v) is 3.77. The second kappa shape index (κ2) is 16.0. The van der Waals surface area contributed by atoms with Crippen molar-refractivity contribution in [1.29, 1.82) is 0 Å². The summed E-state index contributed by atoms with van der Waals surface area (Å²) in [7, 11) is 3.12. The first-order chi connectivity index (χ1) is 17.7. The van der Waals surface area contributed by atoms with E-state index in [2.05, 4.69) is 10.6 Å². The molecule has 0 fully saturated rings. The van der Waals surface area contributed by atoms with Crippen molar-refractivity contribution in [2.75, 3.05) is 20.6 Å². The van der Waals surface area contributed by atoms with E-state index in [1.807, 2.05) is 51.1 Å². The van der Waals surface area contributed by atoms with E-state index in [0.717, 1.165) is 5.56 Å². The van der Waals surface area contributed by atoms with Crippen molar-refractivity contribution >= 4 is 29.4 Å². The van der Waals surface area contributed by atoms with E-state index in [9.17, 15) is 24.0 Å². The molecule has 1 rings (SSSR count). The van der Waals surface area contributed by atoms with E-state index in [1.54, 1.807) is 14.0 Å². The van der Waals surface area contributed by atoms with Crippen LogP contribution in [0.2, 0.25) is 0 Å². The number of carbonyl (C=O) groups excluding carboxylic acids is 5. The van der Waals surface area contributed by atoms with Crippen LogP contribution in [0.3, 0.4) is 0 Å². The quantitative estimate of drug-likeness (QED) is 0.314. The number of amides is 2. The van der Waals surface area contributed by atoms with Gasteiger partial charge in [-0.2, -0.15) is 0 Å². The fraction of sp³-hybridized carbons (Fsp3) is 0.621. The molecule has 0 heterocycles. The third-order valence-corrected chi connectivity index (χ3v) is 6.22. The molecule has 0 aliphatic rings. The molecule has 2 amide bonds. The van der Waals surface area contributed by atoms with Gasteiger partial charge in [-0.15, -0.1) is 0 Å². The van der Waals surface area contributed by atoms with Gasteiger partial charge in [-0.25, -0.2) is 0 Å². The minimum Gasteiger partial charge on any atom is -0.461 e. The molecule has 38 heavy (non-hydrogen) atoms. The molecule has 0 aliphatic carbocycles. The first-order valence-corrected chi connectivity index (χ1v) is 13.2. The Labute approximate surface area is 227 Å². The molecule has 0 radical (unpaired) electrons. The molecule has 0 aromatic heterocycles. The predicted octanol–water partition coefficient (Wildman–Crippen LogP) is 3.05. The average Bonchev–Trinajstić information content (AvgIpc) is 2.85. The Balaban J connectivity index is 2.94. The molecule has 0 bridgehead atoms. The van der Waals surface area contributed by atoms with Crippen molar-refractivity contribution in [1.82, 2.24) is 15.5 Å². The Bertz CT molecular complexity index is 941. The maximum Gasteiger partial charge on any atom is 0.309 e. The fourth-order valence-electron chi connectivity index (χ4n) is 3.77. The monoisotopic (exact) mass is 531 g/mol. The molecule has 0 aliphatic heterocycles. The highest BCUT2D eigenvalue weighted by Gasteiger charge is 2.31. The summed E-state index contributed by atoms with van der Waals surface area (Å²) in [4.78, 5) is 64.2. The van der Waals surface area contributed by atoms with Gasteiger partial charge in [0.25, 0.3) is 0 Å². The summed E-state index contributed by atoms with van der Waals surface area (Å²) in [6.07, 6.45) is 1.52. The van der Waals surface area contributed by atoms with Gasteiger partial charge in [0.1, 0.15) is 18.4 Å². The maximum atomic E-state index is 13.4. The van der Waals surface area contributed by atoms with Crippen LogP contribution in [-0.2, 0) is 35.3 Å². The Morgan fingerprint density at radius 3 is 2.18 bits per heavy atom. The van der Waals surface area contributed by atoms with Crippen LogP contribution >= 0.6 is 0 Å². The van der Waals surface area contributed by atoms with Gasteiger partial charge in [0.2, 0.25) is 11.8 Å². The van der Waals surface area contributed by atoms with Crippen LogP contribution in [0.4, 0.5) is 0 Å². The van der Waals surface area contributed by atoms with Gasteiger partial charge < -0.3 is 25.1 Å². The zero-order valence-corrected chi connectivity index (χ0v) is 24.0. The number of rotatable bonds is 16. The molecule has 1 aromatic rings. The maximum absolute atomic E-state index is 13.4. The molecule has 212 valence electrons. The molecule has 1 aromatic carbocycles. The van der Waals surface area contributed by atoms with Crippen molar-refractivity contribution in [2.24, 2.45) is 11.3 Å². The van der Waals surface area contributed by atoms with E-state index in [4.69, 9.17) is 4.74 Å². The van der Waals surface area contributed by atoms with E-state index >= 15 is 0 Å². The second-order valence-corrected chi connectivity index (χ2v) is 11.2. The Morgan fingerprint density at radius 1 is 1.00 bits per heavy atom. The summed E-state index contributed by atoms with van der Waals surface area (Å²) < 4.78 is 5.42. The molecular formula is C29H45N3O6. The lowest BCUT2D eigenvalue weighted by molar-refractivity contribution is -0.150. The first-order valence-electron chi connectivity index (χ1n) is 13.2. The molecule has 3 atom stereocenters. The van der Waals surface area contributed by atoms with Gasteiger partial charge in [0, 0.05) is 19.9 Å².